The molecule has 0 radical (unpaired) electrons. The normalized spacial score (nSPS) is 10.4. The zero-order chi connectivity index (χ0) is 13.1. The number of carbonyl (C=O) groups excluding carboxylic acids is 1. The van der Waals surface area contributed by atoms with E-state index >= 15 is 0 Å². The van der Waals surface area contributed by atoms with Crippen LogP contribution < -0.4 is 0 Å². The fraction of sp³-hybridized carbons (Fsp3) is 0.154. The van der Waals surface area contributed by atoms with Gasteiger partial charge in [0, 0.05) is 26.4 Å². The maximum Gasteiger partial charge on any atom is 0.254 e. The zero-order valence-corrected chi connectivity index (χ0v) is 13.7. The van der Waals surface area contributed by atoms with Crippen LogP contribution >= 0.6 is 43.2 Å². The van der Waals surface area contributed by atoms with Crippen molar-refractivity contribution in [3.8, 4) is 0 Å². The van der Waals surface area contributed by atoms with Crippen LogP contribution in [0.3, 0.4) is 0 Å². The first-order chi connectivity index (χ1) is 8.56. The minimum Gasteiger partial charge on any atom is -0.337 e. The number of hydrogen-bond donors (Lipinski definition) is 0. The Bertz CT molecular complexity index is 534. The molecule has 0 aliphatic rings. The van der Waals surface area contributed by atoms with Gasteiger partial charge in [0.2, 0.25) is 0 Å². The summed E-state index contributed by atoms with van der Waals surface area (Å²) in [5.41, 5.74) is 0.676. The van der Waals surface area contributed by atoms with Crippen LogP contribution in [-0.4, -0.2) is 17.9 Å². The van der Waals surface area contributed by atoms with E-state index in [2.05, 4.69) is 31.9 Å². The summed E-state index contributed by atoms with van der Waals surface area (Å²) in [5.74, 6) is 0.0189. The van der Waals surface area contributed by atoms with Gasteiger partial charge in [-0.25, -0.2) is 0 Å². The van der Waals surface area contributed by atoms with E-state index in [0.29, 0.717) is 12.1 Å². The number of benzene rings is 1. The molecule has 0 aliphatic heterocycles. The maximum atomic E-state index is 12.3. The monoisotopic (exact) mass is 387 g/mol. The number of nitrogens with zero attached hydrogens (tertiary/aromatic N) is 1. The predicted molar refractivity (Wildman–Crippen MR) is 82.0 cm³/mol. The number of thiophene rings is 1. The number of carbonyl (C=O) groups is 1. The Morgan fingerprint density at radius 3 is 2.50 bits per heavy atom. The van der Waals surface area contributed by atoms with Crippen molar-refractivity contribution >= 4 is 49.1 Å². The summed E-state index contributed by atoms with van der Waals surface area (Å²) in [6.45, 7) is 0.640. The summed E-state index contributed by atoms with van der Waals surface area (Å²) in [7, 11) is 1.82. The van der Waals surface area contributed by atoms with E-state index in [1.807, 2.05) is 42.8 Å². The molecule has 18 heavy (non-hydrogen) atoms. The van der Waals surface area contributed by atoms with Gasteiger partial charge in [0.05, 0.1) is 6.54 Å². The molecule has 0 fully saturated rings. The molecule has 0 N–H and O–H groups in total. The van der Waals surface area contributed by atoms with Gasteiger partial charge >= 0.3 is 0 Å². The van der Waals surface area contributed by atoms with Crippen molar-refractivity contribution in [3.05, 3.63) is 55.1 Å². The molecule has 1 aromatic carbocycles. The van der Waals surface area contributed by atoms with Crippen molar-refractivity contribution in [1.82, 2.24) is 4.90 Å². The standard InChI is InChI=1S/C13H11Br2NOS/c1-16(8-12-3-2-4-18-12)13(17)9-5-10(14)7-11(15)6-9/h2-7H,8H2,1H3. The topological polar surface area (TPSA) is 20.3 Å². The van der Waals surface area contributed by atoms with Crippen molar-refractivity contribution in [2.24, 2.45) is 0 Å². The molecular formula is C13H11Br2NOS. The van der Waals surface area contributed by atoms with E-state index in [9.17, 15) is 4.79 Å². The minimum atomic E-state index is 0.0189. The van der Waals surface area contributed by atoms with Crippen molar-refractivity contribution in [2.75, 3.05) is 7.05 Å². The van der Waals surface area contributed by atoms with Gasteiger partial charge in [-0.2, -0.15) is 0 Å². The average Bonchev–Trinajstić information content (AvgIpc) is 2.79. The van der Waals surface area contributed by atoms with Gasteiger partial charge in [0.25, 0.3) is 5.91 Å². The van der Waals surface area contributed by atoms with E-state index in [1.54, 1.807) is 16.2 Å². The van der Waals surface area contributed by atoms with Crippen LogP contribution in [0.2, 0.25) is 0 Å². The molecule has 94 valence electrons. The van der Waals surface area contributed by atoms with Crippen LogP contribution in [0.4, 0.5) is 0 Å². The Hall–Kier alpha value is -0.650. The molecule has 2 aromatic rings. The van der Waals surface area contributed by atoms with Crippen LogP contribution in [0.1, 0.15) is 15.2 Å². The lowest BCUT2D eigenvalue weighted by Crippen LogP contribution is -2.25. The second kappa shape index (κ2) is 5.99. The molecule has 0 spiro atoms. The quantitative estimate of drug-likeness (QED) is 0.755. The third kappa shape index (κ3) is 3.43. The Morgan fingerprint density at radius 1 is 1.28 bits per heavy atom. The molecule has 0 bridgehead atoms. The van der Waals surface area contributed by atoms with E-state index in [4.69, 9.17) is 0 Å². The highest BCUT2D eigenvalue weighted by atomic mass is 79.9. The highest BCUT2D eigenvalue weighted by Crippen LogP contribution is 2.21. The van der Waals surface area contributed by atoms with Gasteiger partial charge < -0.3 is 4.90 Å². The Balaban J connectivity index is 2.15. The first kappa shape index (κ1) is 13.8. The summed E-state index contributed by atoms with van der Waals surface area (Å²) < 4.78 is 1.79. The Kier molecular flexibility index (Phi) is 4.59. The molecule has 0 atom stereocenters. The molecular weight excluding hydrogens is 378 g/mol. The highest BCUT2D eigenvalue weighted by Gasteiger charge is 2.13. The lowest BCUT2D eigenvalue weighted by atomic mass is 10.2. The number of halogens is 2. The summed E-state index contributed by atoms with van der Waals surface area (Å²) in [6.07, 6.45) is 0. The average molecular weight is 389 g/mol. The first-order valence-corrected chi connectivity index (χ1v) is 7.77. The molecule has 1 heterocycles. The molecule has 2 nitrogen and oxygen atoms in total. The summed E-state index contributed by atoms with van der Waals surface area (Å²) in [4.78, 5) is 15.2. The third-order valence-corrected chi connectivity index (χ3v) is 4.21. The van der Waals surface area contributed by atoms with Gasteiger partial charge in [-0.1, -0.05) is 37.9 Å². The number of amides is 1. The number of hydrogen-bond acceptors (Lipinski definition) is 2. The molecule has 1 aromatic heterocycles. The third-order valence-electron chi connectivity index (χ3n) is 2.43. The molecule has 0 unspecified atom stereocenters. The van der Waals surface area contributed by atoms with E-state index in [1.165, 1.54) is 4.88 Å². The van der Waals surface area contributed by atoms with E-state index in [0.717, 1.165) is 8.95 Å². The molecule has 5 heteroatoms. The Labute approximate surface area is 127 Å². The van der Waals surface area contributed by atoms with Crippen molar-refractivity contribution in [1.29, 1.82) is 0 Å². The van der Waals surface area contributed by atoms with Crippen LogP contribution in [0.5, 0.6) is 0 Å². The van der Waals surface area contributed by atoms with Crippen LogP contribution in [0.25, 0.3) is 0 Å². The van der Waals surface area contributed by atoms with Crippen LogP contribution in [0.15, 0.2) is 44.7 Å². The zero-order valence-electron chi connectivity index (χ0n) is 9.69. The lowest BCUT2D eigenvalue weighted by Gasteiger charge is -2.16. The summed E-state index contributed by atoms with van der Waals surface area (Å²) in [5, 5.41) is 2.02. The smallest absolute Gasteiger partial charge is 0.254 e. The maximum absolute atomic E-state index is 12.3. The van der Waals surface area contributed by atoms with Crippen molar-refractivity contribution in [2.45, 2.75) is 6.54 Å². The largest absolute Gasteiger partial charge is 0.337 e. The minimum absolute atomic E-state index is 0.0189. The molecule has 0 aliphatic carbocycles. The van der Waals surface area contributed by atoms with Gasteiger partial charge in [0.1, 0.15) is 0 Å². The van der Waals surface area contributed by atoms with Gasteiger partial charge in [0.15, 0.2) is 0 Å². The SMILES string of the molecule is CN(Cc1cccs1)C(=O)c1cc(Br)cc(Br)c1. The van der Waals surface area contributed by atoms with Crippen LogP contribution in [-0.2, 0) is 6.54 Å². The van der Waals surface area contributed by atoms with Gasteiger partial charge in [-0.15, -0.1) is 11.3 Å². The second-order valence-electron chi connectivity index (χ2n) is 3.90. The Morgan fingerprint density at radius 2 is 1.94 bits per heavy atom. The molecule has 1 amide bonds. The fourth-order valence-electron chi connectivity index (χ4n) is 1.61. The predicted octanol–water partition coefficient (Wildman–Crippen LogP) is 4.55. The highest BCUT2D eigenvalue weighted by molar-refractivity contribution is 9.11. The van der Waals surface area contributed by atoms with Crippen molar-refractivity contribution in [3.63, 3.8) is 0 Å². The summed E-state index contributed by atoms with van der Waals surface area (Å²) >= 11 is 8.44. The van der Waals surface area contributed by atoms with Gasteiger partial charge in [-0.05, 0) is 29.6 Å². The fourth-order valence-corrected chi connectivity index (χ4v) is 3.66. The van der Waals surface area contributed by atoms with E-state index in [-0.39, 0.29) is 5.91 Å². The molecule has 0 saturated heterocycles. The first-order valence-electron chi connectivity index (χ1n) is 5.30. The molecule has 0 saturated carbocycles. The van der Waals surface area contributed by atoms with Crippen molar-refractivity contribution < 1.29 is 4.79 Å². The lowest BCUT2D eigenvalue weighted by molar-refractivity contribution is 0.0786. The van der Waals surface area contributed by atoms with E-state index < -0.39 is 0 Å². The second-order valence-corrected chi connectivity index (χ2v) is 6.76. The summed E-state index contributed by atoms with van der Waals surface area (Å²) in [6, 6.07) is 9.60. The molecule has 2 rings (SSSR count). The number of rotatable bonds is 3. The van der Waals surface area contributed by atoms with Gasteiger partial charge in [-0.3, -0.25) is 4.79 Å². The van der Waals surface area contributed by atoms with Crippen LogP contribution in [0, 0.1) is 0 Å².